The Labute approximate surface area is 108 Å². The second-order valence-electron chi connectivity index (χ2n) is 5.47. The summed E-state index contributed by atoms with van der Waals surface area (Å²) in [4.78, 5) is 0. The van der Waals surface area contributed by atoms with Crippen LogP contribution in [0.5, 0.6) is 5.75 Å². The summed E-state index contributed by atoms with van der Waals surface area (Å²) < 4.78 is 13.0. The van der Waals surface area contributed by atoms with E-state index in [9.17, 15) is 14.6 Å². The second kappa shape index (κ2) is 6.16. The Balaban J connectivity index is 2.48. The molecule has 0 aromatic heterocycles. The van der Waals surface area contributed by atoms with Crippen molar-refractivity contribution in [2.75, 3.05) is 6.54 Å². The van der Waals surface area contributed by atoms with E-state index in [1.165, 1.54) is 18.2 Å². The van der Waals surface area contributed by atoms with Crippen LogP contribution < -0.4 is 5.32 Å². The van der Waals surface area contributed by atoms with Crippen LogP contribution in [0.3, 0.4) is 0 Å². The molecule has 0 saturated carbocycles. The molecule has 1 aromatic rings. The molecule has 1 aromatic carbocycles. The first-order chi connectivity index (χ1) is 8.30. The summed E-state index contributed by atoms with van der Waals surface area (Å²) >= 11 is 0. The molecule has 0 bridgehead atoms. The first-order valence-corrected chi connectivity index (χ1v) is 6.20. The summed E-state index contributed by atoms with van der Waals surface area (Å²) in [7, 11) is 0. The van der Waals surface area contributed by atoms with E-state index in [2.05, 4.69) is 5.32 Å². The molecule has 102 valence electrons. The van der Waals surface area contributed by atoms with Gasteiger partial charge in [-0.3, -0.25) is 0 Å². The molecule has 0 aliphatic carbocycles. The number of nitrogens with one attached hydrogen (secondary N) is 1. The number of aromatic hydroxyl groups is 1. The number of hydrogen-bond acceptors (Lipinski definition) is 3. The van der Waals surface area contributed by atoms with Gasteiger partial charge in [0.05, 0.1) is 5.60 Å². The average Bonchev–Trinajstić information content (AvgIpc) is 2.21. The van der Waals surface area contributed by atoms with Crippen molar-refractivity contribution in [3.63, 3.8) is 0 Å². The molecule has 1 rings (SSSR count). The van der Waals surface area contributed by atoms with Gasteiger partial charge in [0.25, 0.3) is 0 Å². The minimum absolute atomic E-state index is 0.0624. The fourth-order valence-corrected chi connectivity index (χ4v) is 2.11. The minimum atomic E-state index is -0.795. The van der Waals surface area contributed by atoms with Gasteiger partial charge >= 0.3 is 0 Å². The molecule has 1 atom stereocenters. The normalized spacial score (nSPS) is 14.8. The van der Waals surface area contributed by atoms with E-state index in [4.69, 9.17) is 0 Å². The summed E-state index contributed by atoms with van der Waals surface area (Å²) in [6.45, 7) is 6.60. The molecule has 18 heavy (non-hydrogen) atoms. The van der Waals surface area contributed by atoms with E-state index in [1.807, 2.05) is 13.8 Å². The van der Waals surface area contributed by atoms with Crippen LogP contribution in [0.25, 0.3) is 0 Å². The monoisotopic (exact) mass is 255 g/mol. The molecule has 3 N–H and O–H groups in total. The van der Waals surface area contributed by atoms with Gasteiger partial charge in [0.15, 0.2) is 0 Å². The Bertz CT molecular complexity index is 391. The van der Waals surface area contributed by atoms with Crippen molar-refractivity contribution < 1.29 is 14.6 Å². The topological polar surface area (TPSA) is 52.5 Å². The molecule has 3 nitrogen and oxygen atoms in total. The molecule has 0 radical (unpaired) electrons. The van der Waals surface area contributed by atoms with Gasteiger partial charge in [0, 0.05) is 18.7 Å². The summed E-state index contributed by atoms with van der Waals surface area (Å²) in [5.41, 5.74) is -0.299. The van der Waals surface area contributed by atoms with Crippen LogP contribution >= 0.6 is 0 Å². The average molecular weight is 255 g/mol. The third-order valence-corrected chi connectivity index (χ3v) is 2.71. The van der Waals surface area contributed by atoms with Crippen LogP contribution in [-0.2, 0) is 6.54 Å². The SMILES string of the molecule is CC(C)CC(C)(O)CNCc1cc(F)ccc1O. The van der Waals surface area contributed by atoms with E-state index in [0.717, 1.165) is 0 Å². The Morgan fingerprint density at radius 1 is 1.39 bits per heavy atom. The first kappa shape index (κ1) is 14.9. The fourth-order valence-electron chi connectivity index (χ4n) is 2.11. The molecule has 0 heterocycles. The molecule has 0 spiro atoms. The number of aliphatic hydroxyl groups is 1. The van der Waals surface area contributed by atoms with Crippen molar-refractivity contribution >= 4 is 0 Å². The Morgan fingerprint density at radius 2 is 2.06 bits per heavy atom. The maximum absolute atomic E-state index is 13.0. The molecule has 0 aliphatic rings. The number of phenols is 1. The van der Waals surface area contributed by atoms with Crippen LogP contribution in [0.2, 0.25) is 0 Å². The summed E-state index contributed by atoms with van der Waals surface area (Å²) in [6.07, 6.45) is 0.690. The third kappa shape index (κ3) is 5.02. The van der Waals surface area contributed by atoms with Gasteiger partial charge in [0.2, 0.25) is 0 Å². The lowest BCUT2D eigenvalue weighted by Gasteiger charge is -2.25. The highest BCUT2D eigenvalue weighted by atomic mass is 19.1. The van der Waals surface area contributed by atoms with Gasteiger partial charge in [-0.2, -0.15) is 0 Å². The predicted octanol–water partition coefficient (Wildman–Crippen LogP) is 2.42. The highest BCUT2D eigenvalue weighted by Crippen LogP contribution is 2.19. The Morgan fingerprint density at radius 3 is 2.67 bits per heavy atom. The van der Waals surface area contributed by atoms with Gasteiger partial charge in [-0.15, -0.1) is 0 Å². The van der Waals surface area contributed by atoms with Gasteiger partial charge in [0.1, 0.15) is 11.6 Å². The maximum Gasteiger partial charge on any atom is 0.123 e. The lowest BCUT2D eigenvalue weighted by Crippen LogP contribution is -2.38. The lowest BCUT2D eigenvalue weighted by molar-refractivity contribution is 0.0383. The van der Waals surface area contributed by atoms with Crippen molar-refractivity contribution in [2.45, 2.75) is 39.3 Å². The molecule has 0 fully saturated rings. The number of benzene rings is 1. The van der Waals surface area contributed by atoms with E-state index in [-0.39, 0.29) is 11.6 Å². The first-order valence-electron chi connectivity index (χ1n) is 6.20. The van der Waals surface area contributed by atoms with Crippen molar-refractivity contribution in [2.24, 2.45) is 5.92 Å². The highest BCUT2D eigenvalue weighted by Gasteiger charge is 2.21. The zero-order chi connectivity index (χ0) is 13.8. The lowest BCUT2D eigenvalue weighted by atomic mass is 9.94. The molecule has 0 aliphatic heterocycles. The maximum atomic E-state index is 13.0. The molecule has 0 saturated heterocycles. The molecule has 1 unspecified atom stereocenters. The van der Waals surface area contributed by atoms with Crippen molar-refractivity contribution in [1.82, 2.24) is 5.32 Å². The molecule has 4 heteroatoms. The third-order valence-electron chi connectivity index (χ3n) is 2.71. The summed E-state index contributed by atoms with van der Waals surface area (Å²) in [5, 5.41) is 22.7. The largest absolute Gasteiger partial charge is 0.508 e. The van der Waals surface area contributed by atoms with Crippen molar-refractivity contribution in [3.8, 4) is 5.75 Å². The predicted molar refractivity (Wildman–Crippen MR) is 69.9 cm³/mol. The minimum Gasteiger partial charge on any atom is -0.508 e. The molecular formula is C14H22FNO2. The quantitative estimate of drug-likeness (QED) is 0.731. The number of hydrogen-bond donors (Lipinski definition) is 3. The van der Waals surface area contributed by atoms with Gasteiger partial charge < -0.3 is 15.5 Å². The fraction of sp³-hybridized carbons (Fsp3) is 0.571. The van der Waals surface area contributed by atoms with Gasteiger partial charge in [-0.1, -0.05) is 13.8 Å². The molecule has 0 amide bonds. The number of halogens is 1. The van der Waals surface area contributed by atoms with Crippen LogP contribution in [0.4, 0.5) is 4.39 Å². The highest BCUT2D eigenvalue weighted by molar-refractivity contribution is 5.32. The van der Waals surface area contributed by atoms with Gasteiger partial charge in [-0.25, -0.2) is 4.39 Å². The van der Waals surface area contributed by atoms with E-state index in [0.29, 0.717) is 31.0 Å². The van der Waals surface area contributed by atoms with Crippen molar-refractivity contribution in [1.29, 1.82) is 0 Å². The Hall–Kier alpha value is -1.13. The van der Waals surface area contributed by atoms with Crippen LogP contribution in [-0.4, -0.2) is 22.4 Å². The number of rotatable bonds is 6. The van der Waals surface area contributed by atoms with E-state index < -0.39 is 5.60 Å². The van der Waals surface area contributed by atoms with Crippen molar-refractivity contribution in [3.05, 3.63) is 29.6 Å². The second-order valence-corrected chi connectivity index (χ2v) is 5.47. The van der Waals surface area contributed by atoms with Crippen LogP contribution in [0, 0.1) is 11.7 Å². The van der Waals surface area contributed by atoms with E-state index >= 15 is 0 Å². The van der Waals surface area contributed by atoms with Gasteiger partial charge in [-0.05, 0) is 37.5 Å². The summed E-state index contributed by atoms with van der Waals surface area (Å²) in [5.74, 6) is 0.0929. The summed E-state index contributed by atoms with van der Waals surface area (Å²) in [6, 6.07) is 3.84. The molecular weight excluding hydrogens is 233 g/mol. The van der Waals surface area contributed by atoms with Crippen LogP contribution in [0.15, 0.2) is 18.2 Å². The Kier molecular flexibility index (Phi) is 5.11. The zero-order valence-electron chi connectivity index (χ0n) is 11.2. The standard InChI is InChI=1S/C14H22FNO2/c1-10(2)7-14(3,18)9-16-8-11-6-12(15)4-5-13(11)17/h4-6,10,16-18H,7-9H2,1-3H3. The zero-order valence-corrected chi connectivity index (χ0v) is 11.2. The van der Waals surface area contributed by atoms with Crippen LogP contribution in [0.1, 0.15) is 32.8 Å². The number of phenolic OH excluding ortho intramolecular Hbond substituents is 1. The van der Waals surface area contributed by atoms with E-state index in [1.54, 1.807) is 6.92 Å². The smallest absolute Gasteiger partial charge is 0.123 e.